The van der Waals surface area contributed by atoms with Gasteiger partial charge in [0.05, 0.1) is 4.90 Å². The van der Waals surface area contributed by atoms with Gasteiger partial charge in [0.15, 0.2) is 0 Å². The van der Waals surface area contributed by atoms with Crippen molar-refractivity contribution in [2.24, 2.45) is 4.40 Å². The number of nitrogens with zero attached hydrogens (tertiary/aromatic N) is 2. The zero-order chi connectivity index (χ0) is 21.6. The van der Waals surface area contributed by atoms with Crippen molar-refractivity contribution in [2.75, 3.05) is 18.9 Å². The number of amides is 1. The third-order valence-corrected chi connectivity index (χ3v) is 6.54. The van der Waals surface area contributed by atoms with Crippen LogP contribution >= 0.6 is 0 Å². The number of aryl methyl sites for hydroxylation is 2. The van der Waals surface area contributed by atoms with E-state index in [1.54, 1.807) is 12.1 Å². The van der Waals surface area contributed by atoms with Gasteiger partial charge in [0.1, 0.15) is 5.84 Å². The molecule has 0 atom stereocenters. The van der Waals surface area contributed by atoms with Crippen LogP contribution in [-0.2, 0) is 21.2 Å². The number of sulfonamides is 1. The molecule has 1 fully saturated rings. The Kier molecular flexibility index (Phi) is 7.26. The normalized spacial score (nSPS) is 16.3. The molecule has 2 aromatic carbocycles. The summed E-state index contributed by atoms with van der Waals surface area (Å²) < 4.78 is 29.7. The van der Waals surface area contributed by atoms with Gasteiger partial charge in [-0.2, -0.15) is 8.42 Å². The summed E-state index contributed by atoms with van der Waals surface area (Å²) in [7, 11) is -1.95. The van der Waals surface area contributed by atoms with Crippen LogP contribution in [0.25, 0.3) is 0 Å². The summed E-state index contributed by atoms with van der Waals surface area (Å²) in [6, 6.07) is 14.4. The topological polar surface area (TPSA) is 78.8 Å². The van der Waals surface area contributed by atoms with E-state index in [9.17, 15) is 13.2 Å². The minimum absolute atomic E-state index is 0.0870. The number of benzene rings is 2. The molecule has 2 aromatic rings. The molecule has 1 N–H and O–H groups in total. The fourth-order valence-electron chi connectivity index (χ4n) is 3.41. The highest BCUT2D eigenvalue weighted by Gasteiger charge is 2.19. The van der Waals surface area contributed by atoms with E-state index in [1.807, 2.05) is 43.1 Å². The van der Waals surface area contributed by atoms with Gasteiger partial charge in [0, 0.05) is 32.1 Å². The highest BCUT2D eigenvalue weighted by Crippen LogP contribution is 2.20. The molecule has 0 saturated carbocycles. The molecule has 3 rings (SSSR count). The Labute approximate surface area is 179 Å². The Morgan fingerprint density at radius 3 is 2.63 bits per heavy atom. The van der Waals surface area contributed by atoms with Gasteiger partial charge >= 0.3 is 0 Å². The minimum Gasteiger partial charge on any atom is -0.362 e. The Morgan fingerprint density at radius 1 is 1.10 bits per heavy atom. The number of anilines is 1. The van der Waals surface area contributed by atoms with E-state index in [1.165, 1.54) is 17.7 Å². The largest absolute Gasteiger partial charge is 0.362 e. The molecule has 0 aliphatic carbocycles. The van der Waals surface area contributed by atoms with Crippen LogP contribution in [0.1, 0.15) is 43.2 Å². The Hall–Kier alpha value is -2.67. The number of carbonyl (C=O) groups is 1. The van der Waals surface area contributed by atoms with E-state index in [0.717, 1.165) is 31.4 Å². The van der Waals surface area contributed by atoms with Gasteiger partial charge in [-0.05, 0) is 49.9 Å². The van der Waals surface area contributed by atoms with Crippen LogP contribution in [0.15, 0.2) is 57.8 Å². The lowest BCUT2D eigenvalue weighted by molar-refractivity contribution is -0.116. The van der Waals surface area contributed by atoms with Crippen molar-refractivity contribution in [2.45, 2.75) is 50.3 Å². The molecule has 1 amide bonds. The van der Waals surface area contributed by atoms with E-state index >= 15 is 0 Å². The molecule has 0 radical (unpaired) electrons. The summed E-state index contributed by atoms with van der Waals surface area (Å²) in [5.74, 6) is 0.444. The first-order valence-corrected chi connectivity index (χ1v) is 11.8. The smallest absolute Gasteiger partial charge is 0.284 e. The number of carbonyl (C=O) groups excluding carboxylic acids is 1. The van der Waals surface area contributed by atoms with E-state index < -0.39 is 10.0 Å². The van der Waals surface area contributed by atoms with Crippen molar-refractivity contribution in [3.05, 3.63) is 59.7 Å². The zero-order valence-corrected chi connectivity index (χ0v) is 18.4. The molecule has 0 unspecified atom stereocenters. The number of amidine groups is 1. The van der Waals surface area contributed by atoms with Crippen LogP contribution < -0.4 is 5.32 Å². The fraction of sp³-hybridized carbons (Fsp3) is 0.391. The fourth-order valence-corrected chi connectivity index (χ4v) is 4.55. The molecule has 0 aromatic heterocycles. The first-order chi connectivity index (χ1) is 14.3. The van der Waals surface area contributed by atoms with Crippen molar-refractivity contribution in [1.82, 2.24) is 4.90 Å². The highest BCUT2D eigenvalue weighted by molar-refractivity contribution is 7.90. The van der Waals surface area contributed by atoms with Crippen molar-refractivity contribution in [3.8, 4) is 0 Å². The maximum absolute atomic E-state index is 12.8. The predicted molar refractivity (Wildman–Crippen MR) is 120 cm³/mol. The van der Waals surface area contributed by atoms with Gasteiger partial charge in [-0.15, -0.1) is 4.40 Å². The molecule has 160 valence electrons. The molecule has 1 saturated heterocycles. The van der Waals surface area contributed by atoms with Crippen LogP contribution in [0.2, 0.25) is 0 Å². The van der Waals surface area contributed by atoms with E-state index in [-0.39, 0.29) is 10.8 Å². The number of hydrogen-bond donors (Lipinski definition) is 1. The van der Waals surface area contributed by atoms with Gasteiger partial charge in [-0.1, -0.05) is 42.3 Å². The first-order valence-electron chi connectivity index (χ1n) is 10.3. The van der Waals surface area contributed by atoms with E-state index in [2.05, 4.69) is 9.71 Å². The second kappa shape index (κ2) is 9.89. The Bertz CT molecular complexity index is 1010. The molecular weight excluding hydrogens is 398 g/mol. The SMILES string of the molecule is Cc1ccc(CCC(=O)Nc2cccc(S(=O)(=O)/N=C3\CCCCCN3C)c2)cc1. The summed E-state index contributed by atoms with van der Waals surface area (Å²) >= 11 is 0. The summed E-state index contributed by atoms with van der Waals surface area (Å²) in [6.07, 6.45) is 4.67. The average Bonchev–Trinajstić information content (AvgIpc) is 2.92. The third kappa shape index (κ3) is 6.16. The molecule has 0 bridgehead atoms. The lowest BCUT2D eigenvalue weighted by Gasteiger charge is -2.17. The lowest BCUT2D eigenvalue weighted by atomic mass is 10.1. The number of hydrogen-bond acceptors (Lipinski definition) is 3. The van der Waals surface area contributed by atoms with Crippen LogP contribution in [0.3, 0.4) is 0 Å². The van der Waals surface area contributed by atoms with Gasteiger partial charge in [0.2, 0.25) is 5.91 Å². The molecule has 1 aliphatic rings. The molecule has 7 heteroatoms. The van der Waals surface area contributed by atoms with Crippen LogP contribution in [0.4, 0.5) is 5.69 Å². The lowest BCUT2D eigenvalue weighted by Crippen LogP contribution is -2.26. The van der Waals surface area contributed by atoms with Crippen molar-refractivity contribution < 1.29 is 13.2 Å². The summed E-state index contributed by atoms with van der Waals surface area (Å²) in [5, 5.41) is 2.80. The summed E-state index contributed by atoms with van der Waals surface area (Å²) in [4.78, 5) is 14.3. The van der Waals surface area contributed by atoms with E-state index in [0.29, 0.717) is 30.8 Å². The highest BCUT2D eigenvalue weighted by atomic mass is 32.2. The van der Waals surface area contributed by atoms with E-state index in [4.69, 9.17) is 0 Å². The molecular formula is C23H29N3O3S. The molecule has 30 heavy (non-hydrogen) atoms. The monoisotopic (exact) mass is 427 g/mol. The Balaban J connectivity index is 1.67. The number of nitrogens with one attached hydrogen (secondary N) is 1. The first kappa shape index (κ1) is 22.0. The van der Waals surface area contributed by atoms with Crippen molar-refractivity contribution in [1.29, 1.82) is 0 Å². The van der Waals surface area contributed by atoms with Gasteiger partial charge in [0.25, 0.3) is 10.0 Å². The van der Waals surface area contributed by atoms with Crippen LogP contribution in [0, 0.1) is 6.92 Å². The second-order valence-electron chi connectivity index (χ2n) is 7.78. The minimum atomic E-state index is -3.83. The van der Waals surface area contributed by atoms with Gasteiger partial charge in [-0.25, -0.2) is 0 Å². The molecule has 0 spiro atoms. The quantitative estimate of drug-likeness (QED) is 0.751. The average molecular weight is 428 g/mol. The van der Waals surface area contributed by atoms with Crippen molar-refractivity contribution in [3.63, 3.8) is 0 Å². The summed E-state index contributed by atoms with van der Waals surface area (Å²) in [5.41, 5.74) is 2.73. The number of rotatable bonds is 6. The maximum Gasteiger partial charge on any atom is 0.284 e. The van der Waals surface area contributed by atoms with Gasteiger partial charge < -0.3 is 10.2 Å². The maximum atomic E-state index is 12.8. The van der Waals surface area contributed by atoms with Crippen LogP contribution in [-0.4, -0.2) is 38.7 Å². The Morgan fingerprint density at radius 2 is 1.87 bits per heavy atom. The van der Waals surface area contributed by atoms with Crippen LogP contribution in [0.5, 0.6) is 0 Å². The molecule has 6 nitrogen and oxygen atoms in total. The number of likely N-dealkylation sites (tertiary alicyclic amines) is 1. The van der Waals surface area contributed by atoms with Crippen molar-refractivity contribution >= 4 is 27.5 Å². The second-order valence-corrected chi connectivity index (χ2v) is 9.38. The molecule has 1 heterocycles. The molecule has 1 aliphatic heterocycles. The van der Waals surface area contributed by atoms with Gasteiger partial charge in [-0.3, -0.25) is 4.79 Å². The summed E-state index contributed by atoms with van der Waals surface area (Å²) in [6.45, 7) is 2.83. The zero-order valence-electron chi connectivity index (χ0n) is 17.6. The standard InChI is InChI=1S/C23H29N3O3S/c1-18-10-12-19(13-11-18)14-15-23(27)24-20-7-6-8-21(17-20)30(28,29)25-22-9-4-3-5-16-26(22)2/h6-8,10-13,17H,3-5,9,14-16H2,1-2H3,(H,24,27)/b25-22+. The predicted octanol–water partition coefficient (Wildman–Crippen LogP) is 4.16. The third-order valence-electron chi connectivity index (χ3n) is 5.24.